The average Bonchev–Trinajstić information content (AvgIpc) is 2.82. The van der Waals surface area contributed by atoms with E-state index in [0.29, 0.717) is 32.0 Å². The fraction of sp³-hybridized carbons (Fsp3) is 0.500. The fourth-order valence-corrected chi connectivity index (χ4v) is 5.46. The highest BCUT2D eigenvalue weighted by atomic mass is 32.2. The van der Waals surface area contributed by atoms with Crippen LogP contribution in [0.25, 0.3) is 0 Å². The molecular formula is C26H34N4O3S. The highest BCUT2D eigenvalue weighted by Gasteiger charge is 2.37. The second-order valence-electron chi connectivity index (χ2n) is 9.65. The van der Waals surface area contributed by atoms with E-state index in [-0.39, 0.29) is 29.3 Å². The molecule has 2 N–H and O–H groups in total. The number of nitrogens with zero attached hydrogens (tertiary/aromatic N) is 2. The molecule has 1 aromatic carbocycles. The second-order valence-corrected chi connectivity index (χ2v) is 10.6. The van der Waals surface area contributed by atoms with Crippen molar-refractivity contribution in [3.8, 4) is 0 Å². The predicted octanol–water partition coefficient (Wildman–Crippen LogP) is 3.86. The van der Waals surface area contributed by atoms with Gasteiger partial charge in [0.25, 0.3) is 5.56 Å². The van der Waals surface area contributed by atoms with Gasteiger partial charge in [0.1, 0.15) is 6.04 Å². The molecule has 1 fully saturated rings. The van der Waals surface area contributed by atoms with Crippen LogP contribution in [0.3, 0.4) is 0 Å². The molecule has 7 nitrogen and oxygen atoms in total. The average molecular weight is 483 g/mol. The van der Waals surface area contributed by atoms with Crippen LogP contribution in [0.2, 0.25) is 0 Å². The van der Waals surface area contributed by atoms with Crippen molar-refractivity contribution in [2.75, 3.05) is 30.4 Å². The molecule has 3 heterocycles. The second kappa shape index (κ2) is 10.7. The number of piperidine rings is 1. The summed E-state index contributed by atoms with van der Waals surface area (Å²) in [7, 11) is 0. The SMILES string of the molecule is CSCC[C@H](NC(=O)N1C[C@H]2C[C@@H](C1)c1cccc(=O)n1C2)C(=O)Nc1ccc(C(C)C)cc1. The molecule has 1 aromatic heterocycles. The first-order chi connectivity index (χ1) is 16.4. The van der Waals surface area contributed by atoms with Gasteiger partial charge in [-0.1, -0.05) is 32.0 Å². The van der Waals surface area contributed by atoms with Gasteiger partial charge in [-0.3, -0.25) is 9.59 Å². The van der Waals surface area contributed by atoms with E-state index in [2.05, 4.69) is 24.5 Å². The lowest BCUT2D eigenvalue weighted by Gasteiger charge is -2.43. The lowest BCUT2D eigenvalue weighted by molar-refractivity contribution is -0.118. The molecule has 1 saturated heterocycles. The monoisotopic (exact) mass is 482 g/mol. The first-order valence-electron chi connectivity index (χ1n) is 12.0. The number of pyridine rings is 1. The number of rotatable bonds is 7. The van der Waals surface area contributed by atoms with Crippen molar-refractivity contribution in [2.24, 2.45) is 5.92 Å². The Morgan fingerprint density at radius 2 is 1.85 bits per heavy atom. The Kier molecular flexibility index (Phi) is 7.66. The van der Waals surface area contributed by atoms with E-state index in [1.165, 1.54) is 5.56 Å². The Hall–Kier alpha value is -2.74. The van der Waals surface area contributed by atoms with Crippen molar-refractivity contribution in [1.29, 1.82) is 0 Å². The number of aromatic nitrogens is 1. The summed E-state index contributed by atoms with van der Waals surface area (Å²) in [5.74, 6) is 1.38. The Bertz CT molecular complexity index is 1080. The zero-order valence-electron chi connectivity index (χ0n) is 20.1. The van der Waals surface area contributed by atoms with Crippen LogP contribution in [-0.2, 0) is 11.3 Å². The van der Waals surface area contributed by atoms with Crippen molar-refractivity contribution < 1.29 is 9.59 Å². The Morgan fingerprint density at radius 1 is 1.09 bits per heavy atom. The van der Waals surface area contributed by atoms with Crippen LogP contribution in [-0.4, -0.2) is 52.5 Å². The van der Waals surface area contributed by atoms with Gasteiger partial charge < -0.3 is 20.1 Å². The number of urea groups is 1. The number of nitrogens with one attached hydrogen (secondary N) is 2. The first kappa shape index (κ1) is 24.4. The van der Waals surface area contributed by atoms with Gasteiger partial charge in [-0.2, -0.15) is 11.8 Å². The van der Waals surface area contributed by atoms with Gasteiger partial charge in [0.15, 0.2) is 0 Å². The lowest BCUT2D eigenvalue weighted by atomic mass is 9.83. The van der Waals surface area contributed by atoms with Gasteiger partial charge in [-0.05, 0) is 60.4 Å². The number of anilines is 1. The molecule has 2 bridgehead atoms. The number of likely N-dealkylation sites (tertiary alicyclic amines) is 1. The summed E-state index contributed by atoms with van der Waals surface area (Å²) in [5.41, 5.74) is 2.97. The molecule has 8 heteroatoms. The largest absolute Gasteiger partial charge is 0.326 e. The predicted molar refractivity (Wildman–Crippen MR) is 138 cm³/mol. The summed E-state index contributed by atoms with van der Waals surface area (Å²) in [5, 5.41) is 5.95. The molecule has 34 heavy (non-hydrogen) atoms. The molecule has 3 amide bonds. The minimum absolute atomic E-state index is 0.0281. The number of fused-ring (bicyclic) bond motifs is 4. The summed E-state index contributed by atoms with van der Waals surface area (Å²) < 4.78 is 1.85. The highest BCUT2D eigenvalue weighted by molar-refractivity contribution is 7.98. The quantitative estimate of drug-likeness (QED) is 0.628. The van der Waals surface area contributed by atoms with Crippen LogP contribution in [0.15, 0.2) is 47.3 Å². The zero-order valence-corrected chi connectivity index (χ0v) is 20.9. The third-order valence-corrected chi connectivity index (χ3v) is 7.48. The van der Waals surface area contributed by atoms with Crippen molar-refractivity contribution in [3.05, 3.63) is 64.1 Å². The van der Waals surface area contributed by atoms with E-state index in [9.17, 15) is 14.4 Å². The molecule has 2 aliphatic heterocycles. The molecule has 0 unspecified atom stereocenters. The normalized spacial score (nSPS) is 19.9. The Balaban J connectivity index is 1.42. The lowest BCUT2D eigenvalue weighted by Crippen LogP contribution is -2.55. The molecule has 0 spiro atoms. The van der Waals surface area contributed by atoms with E-state index in [0.717, 1.165) is 23.6 Å². The van der Waals surface area contributed by atoms with Gasteiger partial charge in [0.2, 0.25) is 5.91 Å². The number of carbonyl (C=O) groups excluding carboxylic acids is 2. The van der Waals surface area contributed by atoms with Crippen molar-refractivity contribution >= 4 is 29.4 Å². The van der Waals surface area contributed by atoms with Crippen molar-refractivity contribution in [1.82, 2.24) is 14.8 Å². The van der Waals surface area contributed by atoms with Crippen LogP contribution >= 0.6 is 11.8 Å². The molecule has 2 aromatic rings. The smallest absolute Gasteiger partial charge is 0.318 e. The van der Waals surface area contributed by atoms with Gasteiger partial charge >= 0.3 is 6.03 Å². The van der Waals surface area contributed by atoms with Crippen LogP contribution in [0.5, 0.6) is 0 Å². The number of hydrogen-bond acceptors (Lipinski definition) is 4. The zero-order chi connectivity index (χ0) is 24.2. The number of hydrogen-bond donors (Lipinski definition) is 2. The highest BCUT2D eigenvalue weighted by Crippen LogP contribution is 2.35. The molecule has 2 aliphatic rings. The van der Waals surface area contributed by atoms with Crippen LogP contribution in [0.4, 0.5) is 10.5 Å². The van der Waals surface area contributed by atoms with E-state index >= 15 is 0 Å². The summed E-state index contributed by atoms with van der Waals surface area (Å²) in [4.78, 5) is 40.4. The Labute approximate surface area is 205 Å². The number of carbonyl (C=O) groups is 2. The minimum Gasteiger partial charge on any atom is -0.326 e. The maximum Gasteiger partial charge on any atom is 0.318 e. The van der Waals surface area contributed by atoms with Crippen molar-refractivity contribution in [3.63, 3.8) is 0 Å². The number of amides is 3. The van der Waals surface area contributed by atoms with Crippen molar-refractivity contribution in [2.45, 2.75) is 51.1 Å². The van der Waals surface area contributed by atoms with Gasteiger partial charge in [-0.15, -0.1) is 0 Å². The third-order valence-electron chi connectivity index (χ3n) is 6.84. The Morgan fingerprint density at radius 3 is 2.56 bits per heavy atom. The summed E-state index contributed by atoms with van der Waals surface area (Å²) in [6.07, 6.45) is 3.53. The van der Waals surface area contributed by atoms with E-state index in [4.69, 9.17) is 0 Å². The van der Waals surface area contributed by atoms with E-state index in [1.807, 2.05) is 46.1 Å². The molecule has 0 aliphatic carbocycles. The van der Waals surface area contributed by atoms with Crippen LogP contribution < -0.4 is 16.2 Å². The molecule has 0 saturated carbocycles. The van der Waals surface area contributed by atoms with E-state index < -0.39 is 6.04 Å². The third kappa shape index (κ3) is 5.49. The summed E-state index contributed by atoms with van der Waals surface area (Å²) in [6.45, 7) is 6.05. The fourth-order valence-electron chi connectivity index (χ4n) is 4.99. The van der Waals surface area contributed by atoms with Gasteiger partial charge in [-0.25, -0.2) is 4.79 Å². The van der Waals surface area contributed by atoms with Crippen LogP contribution in [0.1, 0.15) is 49.8 Å². The molecule has 0 radical (unpaired) electrons. The number of thioether (sulfide) groups is 1. The maximum atomic E-state index is 13.2. The first-order valence-corrected chi connectivity index (χ1v) is 13.4. The van der Waals surface area contributed by atoms with Crippen LogP contribution in [0, 0.1) is 5.92 Å². The molecule has 4 rings (SSSR count). The number of benzene rings is 1. The maximum absolute atomic E-state index is 13.2. The summed E-state index contributed by atoms with van der Waals surface area (Å²) >= 11 is 1.65. The summed E-state index contributed by atoms with van der Waals surface area (Å²) in [6, 6.07) is 12.4. The van der Waals surface area contributed by atoms with Gasteiger partial charge in [0.05, 0.1) is 0 Å². The topological polar surface area (TPSA) is 83.4 Å². The molecule has 3 atom stereocenters. The van der Waals surface area contributed by atoms with E-state index in [1.54, 1.807) is 23.9 Å². The van der Waals surface area contributed by atoms with Gasteiger partial charge in [0, 0.05) is 43.0 Å². The molecule has 182 valence electrons. The molecular weight excluding hydrogens is 448 g/mol. The standard InChI is InChI=1S/C26H34N4O3S/c1-17(2)19-7-9-21(10-8-19)27-25(32)22(11-12-34-3)28-26(33)29-14-18-13-20(16-29)23-5-4-6-24(31)30(23)15-18/h4-10,17-18,20,22H,11-16H2,1-3H3,(H,27,32)(H,28,33)/t18-,20+,22+/m1/s1. The minimum atomic E-state index is -0.610.